The number of carbonyl (C=O) groups is 1. The fourth-order valence-corrected chi connectivity index (χ4v) is 5.37. The molecule has 5 rings (SSSR count). The molecular weight excluding hydrogens is 369 g/mol. The molecule has 2 heterocycles. The number of fused-ring (bicyclic) bond motifs is 5. The molecule has 5 heteroatoms. The third-order valence-electron chi connectivity index (χ3n) is 6.87. The smallest absolute Gasteiger partial charge is 0.306 e. The van der Waals surface area contributed by atoms with E-state index in [9.17, 15) is 14.3 Å². The number of nitrogens with zero attached hydrogens (tertiary/aromatic N) is 1. The highest BCUT2D eigenvalue weighted by atomic mass is 19.1. The molecule has 0 bridgehead atoms. The van der Waals surface area contributed by atoms with Gasteiger partial charge in [0, 0.05) is 12.5 Å². The highest BCUT2D eigenvalue weighted by Crippen LogP contribution is 2.49. The van der Waals surface area contributed by atoms with Crippen LogP contribution in [0, 0.1) is 11.7 Å². The summed E-state index contributed by atoms with van der Waals surface area (Å²) in [6, 6.07) is 13.6. The predicted octanol–water partition coefficient (Wildman–Crippen LogP) is 4.14. The quantitative estimate of drug-likeness (QED) is 0.849. The molecule has 2 saturated heterocycles. The van der Waals surface area contributed by atoms with E-state index in [0.717, 1.165) is 43.6 Å². The SMILES string of the molecule is O=C(O)C1CCN(C[C@@H]2C[C@@H]3c4ccccc4Cc4ccc(F)cc4[C@@H]3O2)CC1. The number of carboxylic acid groups (broad SMARTS) is 1. The number of hydrogen-bond donors (Lipinski definition) is 1. The number of ether oxygens (including phenoxy) is 1. The molecule has 2 aliphatic heterocycles. The molecule has 0 aromatic heterocycles. The average Bonchev–Trinajstić information content (AvgIpc) is 3.08. The maximum atomic E-state index is 14.1. The highest BCUT2D eigenvalue weighted by molar-refractivity contribution is 5.70. The van der Waals surface area contributed by atoms with Crippen molar-refractivity contribution in [2.45, 2.75) is 43.8 Å². The van der Waals surface area contributed by atoms with Crippen LogP contribution in [-0.2, 0) is 16.0 Å². The van der Waals surface area contributed by atoms with Crippen molar-refractivity contribution in [3.8, 4) is 0 Å². The summed E-state index contributed by atoms with van der Waals surface area (Å²) in [5, 5.41) is 9.21. The molecule has 3 atom stereocenters. The van der Waals surface area contributed by atoms with Gasteiger partial charge in [-0.25, -0.2) is 4.39 Å². The van der Waals surface area contributed by atoms with Crippen LogP contribution in [0.3, 0.4) is 0 Å². The van der Waals surface area contributed by atoms with E-state index < -0.39 is 5.97 Å². The van der Waals surface area contributed by atoms with E-state index in [1.807, 2.05) is 6.07 Å². The summed E-state index contributed by atoms with van der Waals surface area (Å²) in [7, 11) is 0. The molecule has 0 unspecified atom stereocenters. The van der Waals surface area contributed by atoms with Gasteiger partial charge in [-0.15, -0.1) is 0 Å². The zero-order valence-electron chi connectivity index (χ0n) is 16.4. The van der Waals surface area contributed by atoms with Crippen LogP contribution in [0.1, 0.15) is 53.5 Å². The summed E-state index contributed by atoms with van der Waals surface area (Å²) >= 11 is 0. The number of carboxylic acids is 1. The Hall–Kier alpha value is -2.24. The van der Waals surface area contributed by atoms with Gasteiger partial charge < -0.3 is 14.7 Å². The number of piperidine rings is 1. The van der Waals surface area contributed by atoms with Crippen LogP contribution in [0.15, 0.2) is 42.5 Å². The summed E-state index contributed by atoms with van der Waals surface area (Å²) in [6.45, 7) is 2.41. The fourth-order valence-electron chi connectivity index (χ4n) is 5.37. The van der Waals surface area contributed by atoms with E-state index in [4.69, 9.17) is 4.74 Å². The Labute approximate surface area is 170 Å². The molecule has 2 aromatic carbocycles. The lowest BCUT2D eigenvalue weighted by atomic mass is 9.87. The standard InChI is InChI=1S/C24H26FNO3/c25-18-6-5-17-11-16-3-1-2-4-20(16)22-13-19(29-23(22)21(17)12-18)14-26-9-7-15(8-10-26)24(27)28/h1-6,12,15,19,22-23H,7-11,13-14H2,(H,27,28)/t19-,22+,23-/m0/s1. The summed E-state index contributed by atoms with van der Waals surface area (Å²) in [6.07, 6.45) is 3.09. The normalized spacial score (nSPS) is 27.0. The zero-order chi connectivity index (χ0) is 20.0. The molecule has 4 nitrogen and oxygen atoms in total. The molecule has 1 N–H and O–H groups in total. The van der Waals surface area contributed by atoms with Crippen molar-refractivity contribution in [1.29, 1.82) is 0 Å². The summed E-state index contributed by atoms with van der Waals surface area (Å²) in [5.41, 5.74) is 4.76. The van der Waals surface area contributed by atoms with Gasteiger partial charge in [-0.2, -0.15) is 0 Å². The van der Waals surface area contributed by atoms with E-state index in [2.05, 4.69) is 29.2 Å². The summed E-state index contributed by atoms with van der Waals surface area (Å²) in [4.78, 5) is 13.5. The largest absolute Gasteiger partial charge is 0.481 e. The fraction of sp³-hybridized carbons (Fsp3) is 0.458. The van der Waals surface area contributed by atoms with Gasteiger partial charge in [-0.1, -0.05) is 30.3 Å². The van der Waals surface area contributed by atoms with Crippen LogP contribution >= 0.6 is 0 Å². The van der Waals surface area contributed by atoms with Crippen LogP contribution < -0.4 is 0 Å². The van der Waals surface area contributed by atoms with Gasteiger partial charge in [0.1, 0.15) is 5.82 Å². The Kier molecular flexibility index (Phi) is 4.88. The maximum Gasteiger partial charge on any atom is 0.306 e. The summed E-state index contributed by atoms with van der Waals surface area (Å²) in [5.74, 6) is -0.880. The van der Waals surface area contributed by atoms with Crippen molar-refractivity contribution in [2.24, 2.45) is 5.92 Å². The molecule has 2 aromatic rings. The van der Waals surface area contributed by atoms with Crippen LogP contribution in [-0.4, -0.2) is 41.7 Å². The van der Waals surface area contributed by atoms with Crippen molar-refractivity contribution in [2.75, 3.05) is 19.6 Å². The number of benzene rings is 2. The van der Waals surface area contributed by atoms with E-state index >= 15 is 0 Å². The minimum Gasteiger partial charge on any atom is -0.481 e. The van der Waals surface area contributed by atoms with Gasteiger partial charge in [-0.3, -0.25) is 4.79 Å². The van der Waals surface area contributed by atoms with Crippen molar-refractivity contribution >= 4 is 5.97 Å². The molecule has 0 amide bonds. The number of hydrogen-bond acceptors (Lipinski definition) is 3. The third-order valence-corrected chi connectivity index (χ3v) is 6.87. The topological polar surface area (TPSA) is 49.8 Å². The molecule has 0 saturated carbocycles. The van der Waals surface area contributed by atoms with Crippen LogP contribution in [0.25, 0.3) is 0 Å². The average molecular weight is 395 g/mol. The number of aliphatic carboxylic acids is 1. The molecule has 0 radical (unpaired) electrons. The Balaban J connectivity index is 1.38. The third kappa shape index (κ3) is 3.58. The first kappa shape index (κ1) is 18.8. The lowest BCUT2D eigenvalue weighted by Gasteiger charge is -2.31. The Morgan fingerprint density at radius 1 is 1.10 bits per heavy atom. The second-order valence-electron chi connectivity index (χ2n) is 8.65. The summed E-state index contributed by atoms with van der Waals surface area (Å²) < 4.78 is 20.6. The van der Waals surface area contributed by atoms with Crippen molar-refractivity contribution < 1.29 is 19.0 Å². The Morgan fingerprint density at radius 3 is 2.66 bits per heavy atom. The van der Waals surface area contributed by atoms with Crippen LogP contribution in [0.4, 0.5) is 4.39 Å². The first-order valence-electron chi connectivity index (χ1n) is 10.5. The van der Waals surface area contributed by atoms with E-state index in [1.165, 1.54) is 11.1 Å². The Bertz CT molecular complexity index is 922. The van der Waals surface area contributed by atoms with Crippen LogP contribution in [0.2, 0.25) is 0 Å². The first-order chi connectivity index (χ1) is 14.1. The zero-order valence-corrected chi connectivity index (χ0v) is 16.4. The molecule has 3 aliphatic rings. The van der Waals surface area contributed by atoms with Crippen molar-refractivity contribution in [3.63, 3.8) is 0 Å². The molecule has 2 fully saturated rings. The second kappa shape index (κ2) is 7.54. The van der Waals surface area contributed by atoms with Gasteiger partial charge in [0.25, 0.3) is 0 Å². The minimum atomic E-state index is -0.681. The second-order valence-corrected chi connectivity index (χ2v) is 8.65. The van der Waals surface area contributed by atoms with Gasteiger partial charge >= 0.3 is 5.97 Å². The van der Waals surface area contributed by atoms with Gasteiger partial charge in [0.15, 0.2) is 0 Å². The highest BCUT2D eigenvalue weighted by Gasteiger charge is 2.41. The monoisotopic (exact) mass is 395 g/mol. The molecule has 152 valence electrons. The minimum absolute atomic E-state index is 0.0775. The van der Waals surface area contributed by atoms with Crippen molar-refractivity contribution in [1.82, 2.24) is 4.90 Å². The molecule has 0 spiro atoms. The number of halogens is 1. The lowest BCUT2D eigenvalue weighted by molar-refractivity contribution is -0.143. The van der Waals surface area contributed by atoms with E-state index in [1.54, 1.807) is 12.1 Å². The number of rotatable bonds is 3. The molecule has 29 heavy (non-hydrogen) atoms. The van der Waals surface area contributed by atoms with Gasteiger partial charge in [0.05, 0.1) is 18.1 Å². The van der Waals surface area contributed by atoms with Crippen molar-refractivity contribution in [3.05, 3.63) is 70.5 Å². The first-order valence-corrected chi connectivity index (χ1v) is 10.5. The van der Waals surface area contributed by atoms with Gasteiger partial charge in [0.2, 0.25) is 0 Å². The van der Waals surface area contributed by atoms with Crippen LogP contribution in [0.5, 0.6) is 0 Å². The van der Waals surface area contributed by atoms with E-state index in [-0.39, 0.29) is 29.9 Å². The lowest BCUT2D eigenvalue weighted by Crippen LogP contribution is -2.40. The molecule has 1 aliphatic carbocycles. The molecular formula is C24H26FNO3. The van der Waals surface area contributed by atoms with Gasteiger partial charge in [-0.05, 0) is 73.2 Å². The number of likely N-dealkylation sites (tertiary alicyclic amines) is 1. The van der Waals surface area contributed by atoms with E-state index in [0.29, 0.717) is 12.8 Å². The Morgan fingerprint density at radius 2 is 1.86 bits per heavy atom. The predicted molar refractivity (Wildman–Crippen MR) is 107 cm³/mol. The maximum absolute atomic E-state index is 14.1.